The third kappa shape index (κ3) is 5.31. The van der Waals surface area contributed by atoms with Gasteiger partial charge in [0.25, 0.3) is 0 Å². The van der Waals surface area contributed by atoms with Crippen molar-refractivity contribution in [3.8, 4) is 11.1 Å². The molecule has 3 aromatic rings. The number of thiazole rings is 1. The first-order chi connectivity index (χ1) is 19.8. The van der Waals surface area contributed by atoms with Crippen LogP contribution in [0.4, 0.5) is 28.4 Å². The first kappa shape index (κ1) is 30.1. The Hall–Kier alpha value is -3.36. The molecule has 4 N–H and O–H groups in total. The number of hydrogen-bond donors (Lipinski definition) is 3. The zero-order valence-corrected chi connectivity index (χ0v) is 24.8. The van der Waals surface area contributed by atoms with Crippen LogP contribution in [0, 0.1) is 11.2 Å². The number of methoxy groups -OCH3 is 1. The van der Waals surface area contributed by atoms with Gasteiger partial charge in [-0.25, -0.2) is 9.37 Å². The molecule has 1 aromatic heterocycles. The summed E-state index contributed by atoms with van der Waals surface area (Å²) >= 11 is 2.10. The Balaban J connectivity index is 1.70. The molecular formula is C28H30F4N6O2S2. The SMILES string of the molecule is C=CC(=O)N1[C@H](C)CN(C(=N)c2cc(C(F)(F)F)c(-c3ccc(F)c4sc(N)nc34)c3c2N[C@@H](COC)CS3)C[C@@H]1C. The van der Waals surface area contributed by atoms with Crippen LogP contribution >= 0.6 is 23.1 Å². The number of halogens is 4. The van der Waals surface area contributed by atoms with Crippen LogP contribution in [0.3, 0.4) is 0 Å². The van der Waals surface area contributed by atoms with Gasteiger partial charge in [0.05, 0.1) is 34.1 Å². The van der Waals surface area contributed by atoms with E-state index in [4.69, 9.17) is 15.9 Å². The number of amides is 1. The highest BCUT2D eigenvalue weighted by Crippen LogP contribution is 2.51. The number of hydrogen-bond acceptors (Lipinski definition) is 8. The van der Waals surface area contributed by atoms with Crippen LogP contribution in [0.15, 0.2) is 35.7 Å². The Morgan fingerprint density at radius 3 is 2.62 bits per heavy atom. The standard InChI is InChI=1S/C28H30F4N6O2S2/c1-5-20(39)38-13(2)9-37(10-14(38)3)26(33)17-8-18(28(30,31)32)21(25-23(17)35-15(11-40-4)12-41-25)16-6-7-19(29)24-22(16)36-27(34)42-24/h5-8,13-15,33,35H,1,9-12H2,2-4H3,(H2,34,36)/t13-,14+,15-/m0/s1. The van der Waals surface area contributed by atoms with Crippen LogP contribution in [0.5, 0.6) is 0 Å². The molecule has 42 heavy (non-hydrogen) atoms. The molecule has 3 heterocycles. The summed E-state index contributed by atoms with van der Waals surface area (Å²) in [6, 6.07) is 2.57. The number of nitrogens with two attached hydrogens (primary N) is 1. The van der Waals surface area contributed by atoms with Gasteiger partial charge < -0.3 is 25.6 Å². The van der Waals surface area contributed by atoms with Crippen molar-refractivity contribution in [1.82, 2.24) is 14.8 Å². The maximum absolute atomic E-state index is 14.9. The van der Waals surface area contributed by atoms with Crippen molar-refractivity contribution < 1.29 is 27.1 Å². The molecule has 2 aliphatic rings. The molecule has 5 rings (SSSR count). The van der Waals surface area contributed by atoms with Gasteiger partial charge in [0, 0.05) is 59.6 Å². The summed E-state index contributed by atoms with van der Waals surface area (Å²) in [5, 5.41) is 12.5. The van der Waals surface area contributed by atoms with E-state index >= 15 is 0 Å². The summed E-state index contributed by atoms with van der Waals surface area (Å²) in [5.41, 5.74) is 5.36. The average molecular weight is 623 g/mol. The van der Waals surface area contributed by atoms with Gasteiger partial charge in [0.15, 0.2) is 5.13 Å². The Labute approximate surface area is 248 Å². The highest BCUT2D eigenvalue weighted by Gasteiger charge is 2.41. The third-order valence-electron chi connectivity index (χ3n) is 7.43. The lowest BCUT2D eigenvalue weighted by molar-refractivity contribution is -0.137. The van der Waals surface area contributed by atoms with Crippen molar-refractivity contribution in [3.05, 3.63) is 47.8 Å². The number of carbonyl (C=O) groups is 1. The number of carbonyl (C=O) groups excluding carboxylic acids is 1. The minimum Gasteiger partial charge on any atom is -0.383 e. The second-order valence-electron chi connectivity index (χ2n) is 10.4. The quantitative estimate of drug-likeness (QED) is 0.146. The Morgan fingerprint density at radius 2 is 2.00 bits per heavy atom. The van der Waals surface area contributed by atoms with Crippen molar-refractivity contribution in [2.45, 2.75) is 43.0 Å². The number of anilines is 2. The van der Waals surface area contributed by atoms with E-state index in [2.05, 4.69) is 16.9 Å². The highest BCUT2D eigenvalue weighted by atomic mass is 32.2. The average Bonchev–Trinajstić information content (AvgIpc) is 3.33. The van der Waals surface area contributed by atoms with Gasteiger partial charge in [-0.05, 0) is 38.1 Å². The largest absolute Gasteiger partial charge is 0.417 e. The number of alkyl halides is 3. The number of thioether (sulfide) groups is 1. The fraction of sp³-hybridized carbons (Fsp3) is 0.393. The Bertz CT molecular complexity index is 1560. The molecule has 14 heteroatoms. The van der Waals surface area contributed by atoms with E-state index in [-0.39, 0.29) is 79.9 Å². The van der Waals surface area contributed by atoms with Crippen LogP contribution in [0.2, 0.25) is 0 Å². The number of nitrogen functional groups attached to an aromatic ring is 1. The van der Waals surface area contributed by atoms with Gasteiger partial charge >= 0.3 is 6.18 Å². The van der Waals surface area contributed by atoms with E-state index in [0.29, 0.717) is 18.0 Å². The van der Waals surface area contributed by atoms with Gasteiger partial charge in [0.2, 0.25) is 5.91 Å². The lowest BCUT2D eigenvalue weighted by atomic mass is 9.93. The zero-order chi connectivity index (χ0) is 30.5. The molecule has 1 amide bonds. The Morgan fingerprint density at radius 1 is 1.31 bits per heavy atom. The molecule has 2 aliphatic heterocycles. The molecule has 0 aliphatic carbocycles. The van der Waals surface area contributed by atoms with E-state index < -0.39 is 17.6 Å². The van der Waals surface area contributed by atoms with E-state index in [9.17, 15) is 22.4 Å². The number of aromatic nitrogens is 1. The fourth-order valence-corrected chi connectivity index (χ4v) is 7.74. The van der Waals surface area contributed by atoms with Gasteiger partial charge in [-0.3, -0.25) is 10.2 Å². The second-order valence-corrected chi connectivity index (χ2v) is 12.4. The summed E-state index contributed by atoms with van der Waals surface area (Å²) in [7, 11) is 1.54. The predicted octanol–water partition coefficient (Wildman–Crippen LogP) is 5.67. The van der Waals surface area contributed by atoms with Crippen molar-refractivity contribution >= 4 is 55.9 Å². The van der Waals surface area contributed by atoms with Gasteiger partial charge in [-0.15, -0.1) is 11.8 Å². The van der Waals surface area contributed by atoms with Gasteiger partial charge in [-0.2, -0.15) is 13.2 Å². The number of rotatable bonds is 5. The smallest absolute Gasteiger partial charge is 0.383 e. The van der Waals surface area contributed by atoms with Crippen LogP contribution in [0.1, 0.15) is 25.0 Å². The lowest BCUT2D eigenvalue weighted by Crippen LogP contribution is -2.59. The minimum atomic E-state index is -4.80. The normalized spacial score (nSPS) is 20.8. The molecule has 2 aromatic carbocycles. The summed E-state index contributed by atoms with van der Waals surface area (Å²) in [6.45, 7) is 8.04. The van der Waals surface area contributed by atoms with Crippen LogP contribution in [0.25, 0.3) is 21.3 Å². The molecule has 224 valence electrons. The number of ether oxygens (including phenoxy) is 1. The maximum atomic E-state index is 14.9. The predicted molar refractivity (Wildman–Crippen MR) is 159 cm³/mol. The number of piperazine rings is 1. The molecule has 3 atom stereocenters. The van der Waals surface area contributed by atoms with Crippen LogP contribution < -0.4 is 11.1 Å². The number of nitrogens with one attached hydrogen (secondary N) is 2. The van der Waals surface area contributed by atoms with E-state index in [1.54, 1.807) is 9.80 Å². The molecule has 0 spiro atoms. The topological polar surface area (TPSA) is 108 Å². The number of nitrogens with zero attached hydrogens (tertiary/aromatic N) is 3. The maximum Gasteiger partial charge on any atom is 0.417 e. The second kappa shape index (κ2) is 11.4. The molecule has 1 saturated heterocycles. The van der Waals surface area contributed by atoms with Crippen molar-refractivity contribution in [3.63, 3.8) is 0 Å². The van der Waals surface area contributed by atoms with Crippen molar-refractivity contribution in [1.29, 1.82) is 5.41 Å². The van der Waals surface area contributed by atoms with Gasteiger partial charge in [-0.1, -0.05) is 17.9 Å². The van der Waals surface area contributed by atoms with Crippen LogP contribution in [-0.4, -0.2) is 77.2 Å². The summed E-state index contributed by atoms with van der Waals surface area (Å²) < 4.78 is 64.7. The molecule has 0 saturated carbocycles. The third-order valence-corrected chi connectivity index (χ3v) is 9.59. The molecule has 0 bridgehead atoms. The first-order valence-corrected chi connectivity index (χ1v) is 15.0. The zero-order valence-electron chi connectivity index (χ0n) is 23.1. The minimum absolute atomic E-state index is 0.0421. The summed E-state index contributed by atoms with van der Waals surface area (Å²) in [6.07, 6.45) is -3.57. The van der Waals surface area contributed by atoms with E-state index in [1.807, 2.05) is 13.8 Å². The summed E-state index contributed by atoms with van der Waals surface area (Å²) in [4.78, 5) is 20.3. The van der Waals surface area contributed by atoms with E-state index in [1.165, 1.54) is 31.0 Å². The summed E-state index contributed by atoms with van der Waals surface area (Å²) in [5.74, 6) is -0.550. The number of amidine groups is 1. The molecule has 8 nitrogen and oxygen atoms in total. The fourth-order valence-electron chi connectivity index (χ4n) is 5.75. The van der Waals surface area contributed by atoms with Crippen molar-refractivity contribution in [2.24, 2.45) is 0 Å². The van der Waals surface area contributed by atoms with Crippen molar-refractivity contribution in [2.75, 3.05) is 43.6 Å². The van der Waals surface area contributed by atoms with Crippen LogP contribution in [-0.2, 0) is 15.7 Å². The number of fused-ring (bicyclic) bond motifs is 2. The first-order valence-electron chi connectivity index (χ1n) is 13.2. The monoisotopic (exact) mass is 622 g/mol. The molecule has 0 unspecified atom stereocenters. The lowest BCUT2D eigenvalue weighted by Gasteiger charge is -2.45. The van der Waals surface area contributed by atoms with Gasteiger partial charge in [0.1, 0.15) is 11.7 Å². The molecular weight excluding hydrogens is 592 g/mol. The Kier molecular flexibility index (Phi) is 8.16. The highest BCUT2D eigenvalue weighted by molar-refractivity contribution is 7.99. The molecule has 0 radical (unpaired) electrons. The molecule has 1 fully saturated rings. The van der Waals surface area contributed by atoms with E-state index in [0.717, 1.165) is 23.5 Å². The number of benzene rings is 2.